The van der Waals surface area contributed by atoms with Gasteiger partial charge in [-0.1, -0.05) is 145 Å². The molecule has 196 valence electrons. The van der Waals surface area contributed by atoms with Crippen LogP contribution in [0.25, 0.3) is 11.1 Å². The largest absolute Gasteiger partial charge is 0.400 e. The van der Waals surface area contributed by atoms with Crippen LogP contribution in [0.2, 0.25) is 0 Å². The van der Waals surface area contributed by atoms with Crippen molar-refractivity contribution in [3.63, 3.8) is 0 Å². The molecule has 2 rings (SSSR count). The number of unbranched alkanes of at least 4 members (excludes halogenated alkanes) is 13. The molecule has 1 atom stereocenters. The molecule has 2 aromatic carbocycles. The minimum Gasteiger partial charge on any atom is -0.248 e. The molecule has 0 aliphatic heterocycles. The standard InChI is InChI=1S/C30H46O4S/c1-3-4-5-6-7-8-9-10-11-12-13-14-15-19-26-33-35(31,32)34-27(2)28-22-24-30(25-23-28)29-20-17-16-18-21-29/h16-18,20-25,27H,3-15,19,26H2,1-2H3. The Morgan fingerprint density at radius 1 is 0.629 bits per heavy atom. The lowest BCUT2D eigenvalue weighted by Crippen LogP contribution is -2.13. The zero-order valence-corrected chi connectivity index (χ0v) is 22.7. The first-order chi connectivity index (χ1) is 17.0. The molecule has 1 unspecified atom stereocenters. The zero-order valence-electron chi connectivity index (χ0n) is 21.9. The van der Waals surface area contributed by atoms with Gasteiger partial charge in [0.1, 0.15) is 6.10 Å². The highest BCUT2D eigenvalue weighted by Crippen LogP contribution is 2.24. The Bertz CT molecular complexity index is 878. The molecule has 0 aliphatic carbocycles. The predicted octanol–water partition coefficient (Wildman–Crippen LogP) is 9.17. The second-order valence-corrected chi connectivity index (χ2v) is 10.8. The van der Waals surface area contributed by atoms with Gasteiger partial charge >= 0.3 is 10.4 Å². The maximum atomic E-state index is 12.2. The van der Waals surface area contributed by atoms with E-state index in [1.54, 1.807) is 6.92 Å². The number of benzene rings is 2. The molecule has 0 N–H and O–H groups in total. The summed E-state index contributed by atoms with van der Waals surface area (Å²) < 4.78 is 34.7. The Hall–Kier alpha value is -1.69. The molecule has 5 heteroatoms. The third kappa shape index (κ3) is 13.3. The maximum Gasteiger partial charge on any atom is 0.400 e. The van der Waals surface area contributed by atoms with Gasteiger partial charge in [0.25, 0.3) is 0 Å². The van der Waals surface area contributed by atoms with Crippen LogP contribution in [-0.4, -0.2) is 15.0 Å². The quantitative estimate of drug-likeness (QED) is 0.169. The molecule has 0 fully saturated rings. The Kier molecular flexibility index (Phi) is 14.9. The summed E-state index contributed by atoms with van der Waals surface area (Å²) in [7, 11) is -4.01. The van der Waals surface area contributed by atoms with Crippen molar-refractivity contribution < 1.29 is 16.8 Å². The van der Waals surface area contributed by atoms with E-state index in [-0.39, 0.29) is 6.61 Å². The first-order valence-electron chi connectivity index (χ1n) is 13.7. The molecule has 0 heterocycles. The molecule has 0 aromatic heterocycles. The van der Waals surface area contributed by atoms with Crippen LogP contribution in [0.5, 0.6) is 0 Å². The number of rotatable bonds is 20. The molecule has 0 amide bonds. The first kappa shape index (κ1) is 29.5. The molecular formula is C30H46O4S. The molecule has 0 radical (unpaired) electrons. The molecule has 35 heavy (non-hydrogen) atoms. The van der Waals surface area contributed by atoms with Gasteiger partial charge in [-0.3, -0.25) is 0 Å². The fraction of sp³-hybridized carbons (Fsp3) is 0.600. The molecule has 0 saturated carbocycles. The van der Waals surface area contributed by atoms with E-state index in [0.717, 1.165) is 36.0 Å². The summed E-state index contributed by atoms with van der Waals surface area (Å²) in [5.41, 5.74) is 3.00. The lowest BCUT2D eigenvalue weighted by Gasteiger charge is -2.14. The summed E-state index contributed by atoms with van der Waals surface area (Å²) >= 11 is 0. The van der Waals surface area contributed by atoms with Gasteiger partial charge in [0, 0.05) is 0 Å². The smallest absolute Gasteiger partial charge is 0.248 e. The van der Waals surface area contributed by atoms with Crippen molar-refractivity contribution in [3.05, 3.63) is 60.2 Å². The van der Waals surface area contributed by atoms with Crippen LogP contribution in [0.3, 0.4) is 0 Å². The number of hydrogen-bond donors (Lipinski definition) is 0. The molecule has 0 spiro atoms. The summed E-state index contributed by atoms with van der Waals surface area (Å²) in [6.07, 6.45) is 17.1. The highest BCUT2D eigenvalue weighted by molar-refractivity contribution is 7.81. The fourth-order valence-electron chi connectivity index (χ4n) is 4.29. The highest BCUT2D eigenvalue weighted by atomic mass is 32.3. The van der Waals surface area contributed by atoms with Gasteiger partial charge in [-0.05, 0) is 30.0 Å². The van der Waals surface area contributed by atoms with Crippen LogP contribution in [-0.2, 0) is 18.8 Å². The zero-order chi connectivity index (χ0) is 25.2. The van der Waals surface area contributed by atoms with Gasteiger partial charge in [0.15, 0.2) is 0 Å². The van der Waals surface area contributed by atoms with Gasteiger partial charge in [0.2, 0.25) is 0 Å². The monoisotopic (exact) mass is 502 g/mol. The summed E-state index contributed by atoms with van der Waals surface area (Å²) in [5.74, 6) is 0. The van der Waals surface area contributed by atoms with Crippen LogP contribution in [0, 0.1) is 0 Å². The van der Waals surface area contributed by atoms with Crippen LogP contribution >= 0.6 is 0 Å². The van der Waals surface area contributed by atoms with E-state index in [1.807, 2.05) is 54.6 Å². The van der Waals surface area contributed by atoms with Crippen LogP contribution < -0.4 is 0 Å². The Labute approximate surface area is 214 Å². The third-order valence-corrected chi connectivity index (χ3v) is 7.45. The third-order valence-electron chi connectivity index (χ3n) is 6.47. The molecule has 2 aromatic rings. The summed E-state index contributed by atoms with van der Waals surface area (Å²) in [6.45, 7) is 4.17. The van der Waals surface area contributed by atoms with Gasteiger partial charge < -0.3 is 0 Å². The van der Waals surface area contributed by atoms with E-state index in [0.29, 0.717) is 0 Å². The maximum absolute atomic E-state index is 12.2. The van der Waals surface area contributed by atoms with E-state index >= 15 is 0 Å². The van der Waals surface area contributed by atoms with Gasteiger partial charge in [-0.25, -0.2) is 8.37 Å². The Balaban J connectivity index is 1.51. The van der Waals surface area contributed by atoms with Crippen molar-refractivity contribution in [3.8, 4) is 11.1 Å². The summed E-state index contributed by atoms with van der Waals surface area (Å²) in [6, 6.07) is 17.8. The van der Waals surface area contributed by atoms with Crippen molar-refractivity contribution in [1.82, 2.24) is 0 Å². The second kappa shape index (κ2) is 17.7. The average molecular weight is 503 g/mol. The van der Waals surface area contributed by atoms with Gasteiger partial charge in [0.05, 0.1) is 6.61 Å². The minimum atomic E-state index is -4.01. The highest BCUT2D eigenvalue weighted by Gasteiger charge is 2.18. The second-order valence-electron chi connectivity index (χ2n) is 9.55. The van der Waals surface area contributed by atoms with Crippen molar-refractivity contribution in [2.45, 2.75) is 110 Å². The Morgan fingerprint density at radius 2 is 1.09 bits per heavy atom. The number of hydrogen-bond acceptors (Lipinski definition) is 4. The lowest BCUT2D eigenvalue weighted by atomic mass is 10.0. The molecule has 0 saturated heterocycles. The summed E-state index contributed by atoms with van der Waals surface area (Å²) in [4.78, 5) is 0. The molecule has 0 aliphatic rings. The topological polar surface area (TPSA) is 52.6 Å². The van der Waals surface area contributed by atoms with Crippen LogP contribution in [0.15, 0.2) is 54.6 Å². The molecule has 4 nitrogen and oxygen atoms in total. The van der Waals surface area contributed by atoms with E-state index < -0.39 is 16.5 Å². The van der Waals surface area contributed by atoms with E-state index in [4.69, 9.17) is 8.37 Å². The fourth-order valence-corrected chi connectivity index (χ4v) is 5.14. The van der Waals surface area contributed by atoms with E-state index in [1.165, 1.54) is 70.6 Å². The summed E-state index contributed by atoms with van der Waals surface area (Å²) in [5, 5.41) is 0. The van der Waals surface area contributed by atoms with Gasteiger partial charge in [-0.2, -0.15) is 8.42 Å². The van der Waals surface area contributed by atoms with Crippen molar-refractivity contribution >= 4 is 10.4 Å². The minimum absolute atomic E-state index is 0.181. The van der Waals surface area contributed by atoms with Gasteiger partial charge in [-0.15, -0.1) is 0 Å². The first-order valence-corrected chi connectivity index (χ1v) is 15.1. The Morgan fingerprint density at radius 3 is 1.60 bits per heavy atom. The molecular weight excluding hydrogens is 456 g/mol. The van der Waals surface area contributed by atoms with Crippen molar-refractivity contribution in [1.29, 1.82) is 0 Å². The lowest BCUT2D eigenvalue weighted by molar-refractivity contribution is 0.167. The normalized spacial score (nSPS) is 12.6. The van der Waals surface area contributed by atoms with Crippen molar-refractivity contribution in [2.24, 2.45) is 0 Å². The van der Waals surface area contributed by atoms with Crippen molar-refractivity contribution in [2.75, 3.05) is 6.61 Å². The van der Waals surface area contributed by atoms with Crippen LogP contribution in [0.1, 0.15) is 115 Å². The predicted molar refractivity (Wildman–Crippen MR) is 147 cm³/mol. The molecule has 0 bridgehead atoms. The SMILES string of the molecule is CCCCCCCCCCCCCCCCOS(=O)(=O)OC(C)c1ccc(-c2ccccc2)cc1. The van der Waals surface area contributed by atoms with E-state index in [2.05, 4.69) is 6.92 Å². The average Bonchev–Trinajstić information content (AvgIpc) is 2.86. The van der Waals surface area contributed by atoms with E-state index in [9.17, 15) is 8.42 Å². The van der Waals surface area contributed by atoms with Crippen LogP contribution in [0.4, 0.5) is 0 Å².